The Morgan fingerprint density at radius 1 is 1.58 bits per heavy atom. The van der Waals surface area contributed by atoms with Crippen molar-refractivity contribution in [3.05, 3.63) is 18.2 Å². The van der Waals surface area contributed by atoms with Crippen LogP contribution in [-0.4, -0.2) is 45.4 Å². The van der Waals surface area contributed by atoms with Gasteiger partial charge < -0.3 is 20.5 Å². The third kappa shape index (κ3) is 3.54. The van der Waals surface area contributed by atoms with Gasteiger partial charge in [0, 0.05) is 25.5 Å². The Labute approximate surface area is 111 Å². The second kappa shape index (κ2) is 5.83. The van der Waals surface area contributed by atoms with E-state index in [4.69, 9.17) is 5.73 Å². The summed E-state index contributed by atoms with van der Waals surface area (Å²) in [6, 6.07) is 0.277. The molecule has 1 aromatic rings. The molecule has 1 aliphatic carbocycles. The first-order chi connectivity index (χ1) is 9.11. The van der Waals surface area contributed by atoms with Gasteiger partial charge in [0.2, 0.25) is 11.8 Å². The van der Waals surface area contributed by atoms with Gasteiger partial charge in [0.1, 0.15) is 5.82 Å². The van der Waals surface area contributed by atoms with Gasteiger partial charge in [0.25, 0.3) is 0 Å². The maximum absolute atomic E-state index is 12.1. The molecule has 2 rings (SSSR count). The predicted molar refractivity (Wildman–Crippen MR) is 68.8 cm³/mol. The number of nitrogens with two attached hydrogens (primary N) is 1. The number of imidazole rings is 1. The first-order valence-corrected chi connectivity index (χ1v) is 6.34. The lowest BCUT2D eigenvalue weighted by Gasteiger charge is -2.22. The number of aromatic nitrogens is 2. The smallest absolute Gasteiger partial charge is 0.242 e. The Morgan fingerprint density at radius 3 is 2.84 bits per heavy atom. The van der Waals surface area contributed by atoms with Crippen molar-refractivity contribution in [2.24, 2.45) is 12.8 Å². The molecule has 7 nitrogen and oxygen atoms in total. The fourth-order valence-electron chi connectivity index (χ4n) is 1.86. The highest BCUT2D eigenvalue weighted by Gasteiger charge is 2.33. The third-order valence-corrected chi connectivity index (χ3v) is 3.16. The first-order valence-electron chi connectivity index (χ1n) is 6.34. The maximum Gasteiger partial charge on any atom is 0.242 e. The molecule has 0 spiro atoms. The summed E-state index contributed by atoms with van der Waals surface area (Å²) in [6.45, 7) is 0.374. The van der Waals surface area contributed by atoms with E-state index in [1.54, 1.807) is 11.1 Å². The number of carbonyl (C=O) groups is 2. The number of carbonyl (C=O) groups excluding carboxylic acids is 2. The van der Waals surface area contributed by atoms with Crippen LogP contribution in [-0.2, 0) is 23.2 Å². The number of nitrogens with zero attached hydrogens (tertiary/aromatic N) is 3. The molecular weight excluding hydrogens is 246 g/mol. The molecule has 104 valence electrons. The van der Waals surface area contributed by atoms with Crippen LogP contribution < -0.4 is 11.1 Å². The summed E-state index contributed by atoms with van der Waals surface area (Å²) in [7, 11) is 1.90. The highest BCUT2D eigenvalue weighted by atomic mass is 16.2. The first kappa shape index (κ1) is 13.5. The zero-order chi connectivity index (χ0) is 13.8. The van der Waals surface area contributed by atoms with Gasteiger partial charge in [-0.2, -0.15) is 0 Å². The van der Waals surface area contributed by atoms with E-state index in [0.717, 1.165) is 18.7 Å². The summed E-state index contributed by atoms with van der Waals surface area (Å²) in [5.74, 6) is 0.429. The molecule has 0 aliphatic heterocycles. The minimum absolute atomic E-state index is 0.00302. The van der Waals surface area contributed by atoms with Gasteiger partial charge in [0.05, 0.1) is 19.6 Å². The average Bonchev–Trinajstić information content (AvgIpc) is 3.17. The second-order valence-electron chi connectivity index (χ2n) is 4.69. The van der Waals surface area contributed by atoms with Crippen LogP contribution in [0, 0.1) is 0 Å². The molecule has 1 heterocycles. The minimum Gasteiger partial charge on any atom is -0.346 e. The van der Waals surface area contributed by atoms with Crippen LogP contribution in [0.4, 0.5) is 0 Å². The summed E-state index contributed by atoms with van der Waals surface area (Å²) < 4.78 is 1.89. The van der Waals surface area contributed by atoms with Crippen LogP contribution in [0.25, 0.3) is 0 Å². The fourth-order valence-corrected chi connectivity index (χ4v) is 1.86. The van der Waals surface area contributed by atoms with Gasteiger partial charge in [-0.05, 0) is 12.8 Å². The predicted octanol–water partition coefficient (Wildman–Crippen LogP) is -1.01. The van der Waals surface area contributed by atoms with Crippen molar-refractivity contribution < 1.29 is 9.59 Å². The van der Waals surface area contributed by atoms with Crippen LogP contribution in [0.15, 0.2) is 12.4 Å². The SMILES string of the molecule is Cn1ccnc1CN(C(=O)CNC(=O)CN)C1CC1. The van der Waals surface area contributed by atoms with Crippen molar-refractivity contribution in [3.8, 4) is 0 Å². The monoisotopic (exact) mass is 265 g/mol. The lowest BCUT2D eigenvalue weighted by Crippen LogP contribution is -2.42. The van der Waals surface area contributed by atoms with E-state index in [0.29, 0.717) is 6.54 Å². The normalized spacial score (nSPS) is 14.2. The molecule has 19 heavy (non-hydrogen) atoms. The van der Waals surface area contributed by atoms with Crippen LogP contribution >= 0.6 is 0 Å². The molecular formula is C12H19N5O2. The van der Waals surface area contributed by atoms with Crippen molar-refractivity contribution in [1.82, 2.24) is 19.8 Å². The molecule has 1 saturated carbocycles. The van der Waals surface area contributed by atoms with E-state index < -0.39 is 0 Å². The zero-order valence-corrected chi connectivity index (χ0v) is 11.0. The van der Waals surface area contributed by atoms with E-state index in [1.807, 2.05) is 17.8 Å². The Balaban J connectivity index is 1.94. The largest absolute Gasteiger partial charge is 0.346 e. The van der Waals surface area contributed by atoms with E-state index in [-0.39, 0.29) is 30.9 Å². The summed E-state index contributed by atoms with van der Waals surface area (Å²) in [5.41, 5.74) is 5.19. The van der Waals surface area contributed by atoms with Crippen LogP contribution in [0.3, 0.4) is 0 Å². The molecule has 1 aromatic heterocycles. The van der Waals surface area contributed by atoms with Gasteiger partial charge in [-0.25, -0.2) is 4.98 Å². The summed E-state index contributed by atoms with van der Waals surface area (Å²) >= 11 is 0. The molecule has 0 saturated heterocycles. The van der Waals surface area contributed by atoms with Crippen molar-refractivity contribution in [1.29, 1.82) is 0 Å². The molecule has 7 heteroatoms. The summed E-state index contributed by atoms with van der Waals surface area (Å²) in [6.07, 6.45) is 5.59. The van der Waals surface area contributed by atoms with Crippen LogP contribution in [0.1, 0.15) is 18.7 Å². The number of hydrogen-bond acceptors (Lipinski definition) is 4. The highest BCUT2D eigenvalue weighted by molar-refractivity contribution is 5.85. The Morgan fingerprint density at radius 2 is 2.32 bits per heavy atom. The van der Waals surface area contributed by atoms with Crippen molar-refractivity contribution in [2.45, 2.75) is 25.4 Å². The molecule has 1 fully saturated rings. The minimum atomic E-state index is -0.318. The zero-order valence-electron chi connectivity index (χ0n) is 11.0. The fraction of sp³-hybridized carbons (Fsp3) is 0.583. The molecule has 0 aromatic carbocycles. The molecule has 0 bridgehead atoms. The molecule has 0 atom stereocenters. The average molecular weight is 265 g/mol. The van der Waals surface area contributed by atoms with Crippen molar-refractivity contribution in [2.75, 3.05) is 13.1 Å². The van der Waals surface area contributed by atoms with E-state index in [1.165, 1.54) is 0 Å². The van der Waals surface area contributed by atoms with Gasteiger partial charge in [-0.3, -0.25) is 9.59 Å². The van der Waals surface area contributed by atoms with Crippen LogP contribution in [0.5, 0.6) is 0 Å². The molecule has 1 aliphatic rings. The number of nitrogens with one attached hydrogen (secondary N) is 1. The molecule has 2 amide bonds. The number of rotatable bonds is 6. The summed E-state index contributed by atoms with van der Waals surface area (Å²) in [5, 5.41) is 2.51. The van der Waals surface area contributed by atoms with Crippen LogP contribution in [0.2, 0.25) is 0 Å². The van der Waals surface area contributed by atoms with Gasteiger partial charge in [-0.1, -0.05) is 0 Å². The maximum atomic E-state index is 12.1. The number of aryl methyl sites for hydroxylation is 1. The third-order valence-electron chi connectivity index (χ3n) is 3.16. The van der Waals surface area contributed by atoms with Gasteiger partial charge in [-0.15, -0.1) is 0 Å². The number of amides is 2. The van der Waals surface area contributed by atoms with Crippen molar-refractivity contribution >= 4 is 11.8 Å². The van der Waals surface area contributed by atoms with E-state index in [2.05, 4.69) is 10.3 Å². The second-order valence-corrected chi connectivity index (χ2v) is 4.69. The Kier molecular flexibility index (Phi) is 4.16. The lowest BCUT2D eigenvalue weighted by molar-refractivity contribution is -0.133. The Hall–Kier alpha value is -1.89. The quantitative estimate of drug-likeness (QED) is 0.689. The lowest BCUT2D eigenvalue weighted by atomic mass is 10.4. The van der Waals surface area contributed by atoms with E-state index in [9.17, 15) is 9.59 Å². The Bertz CT molecular complexity index is 466. The standard InChI is InChI=1S/C12H19N5O2/c1-16-5-4-14-10(16)8-17(9-2-3-9)12(19)7-15-11(18)6-13/h4-5,9H,2-3,6-8,13H2,1H3,(H,15,18). The van der Waals surface area contributed by atoms with Gasteiger partial charge in [0.15, 0.2) is 0 Å². The summed E-state index contributed by atoms with van der Waals surface area (Å²) in [4.78, 5) is 29.2. The molecule has 0 radical (unpaired) electrons. The van der Waals surface area contributed by atoms with Gasteiger partial charge >= 0.3 is 0 Å². The van der Waals surface area contributed by atoms with E-state index >= 15 is 0 Å². The topological polar surface area (TPSA) is 93.2 Å². The highest BCUT2D eigenvalue weighted by Crippen LogP contribution is 2.28. The van der Waals surface area contributed by atoms with Crippen molar-refractivity contribution in [3.63, 3.8) is 0 Å². The molecule has 0 unspecified atom stereocenters. The number of hydrogen-bond donors (Lipinski definition) is 2. The molecule has 3 N–H and O–H groups in total.